The third-order valence-electron chi connectivity index (χ3n) is 4.68. The van der Waals surface area contributed by atoms with Crippen molar-refractivity contribution in [2.24, 2.45) is 0 Å². The second kappa shape index (κ2) is 8.01. The quantitative estimate of drug-likeness (QED) is 0.680. The lowest BCUT2D eigenvalue weighted by atomic mass is 10.2. The van der Waals surface area contributed by atoms with Gasteiger partial charge in [0.2, 0.25) is 0 Å². The van der Waals surface area contributed by atoms with Gasteiger partial charge in [-0.1, -0.05) is 0 Å². The summed E-state index contributed by atoms with van der Waals surface area (Å²) in [4.78, 5) is 35.7. The zero-order valence-electron chi connectivity index (χ0n) is 15.5. The molecular weight excluding hydrogens is 374 g/mol. The molecule has 0 spiro atoms. The largest absolute Gasteiger partial charge is 0.478 e. The molecule has 1 aliphatic rings. The molecule has 3 aromatic rings. The summed E-state index contributed by atoms with van der Waals surface area (Å²) in [5.41, 5.74) is 0.953. The Morgan fingerprint density at radius 1 is 1.03 bits per heavy atom. The molecule has 1 aliphatic heterocycles. The number of hydrogen-bond acceptors (Lipinski definition) is 7. The maximum Gasteiger partial charge on any atom is 0.335 e. The van der Waals surface area contributed by atoms with Crippen LogP contribution in [0.3, 0.4) is 0 Å². The zero-order valence-corrected chi connectivity index (χ0v) is 15.5. The average Bonchev–Trinajstić information content (AvgIpc) is 3.29. The van der Waals surface area contributed by atoms with Gasteiger partial charge in [-0.15, -0.1) is 0 Å². The smallest absolute Gasteiger partial charge is 0.335 e. The minimum atomic E-state index is -0.967. The van der Waals surface area contributed by atoms with E-state index >= 15 is 0 Å². The molecule has 2 aromatic heterocycles. The van der Waals surface area contributed by atoms with Crippen molar-refractivity contribution in [3.8, 4) is 0 Å². The number of benzene rings is 1. The van der Waals surface area contributed by atoms with Crippen molar-refractivity contribution in [1.82, 2.24) is 14.9 Å². The second-order valence-electron chi connectivity index (χ2n) is 6.53. The summed E-state index contributed by atoms with van der Waals surface area (Å²) in [5.74, 6) is 0.637. The molecule has 0 unspecified atom stereocenters. The number of aromatic nitrogens is 2. The molecule has 0 saturated carbocycles. The molecule has 0 atom stereocenters. The predicted octanol–water partition coefficient (Wildman–Crippen LogP) is 2.47. The number of carbonyl (C=O) groups is 2. The first-order valence-corrected chi connectivity index (χ1v) is 9.10. The van der Waals surface area contributed by atoms with Crippen molar-refractivity contribution in [1.29, 1.82) is 0 Å². The first-order valence-electron chi connectivity index (χ1n) is 9.10. The second-order valence-corrected chi connectivity index (χ2v) is 6.53. The minimum absolute atomic E-state index is 0.107. The van der Waals surface area contributed by atoms with E-state index in [4.69, 9.17) is 9.52 Å². The predicted molar refractivity (Wildman–Crippen MR) is 106 cm³/mol. The lowest BCUT2D eigenvalue weighted by Crippen LogP contribution is -2.49. The van der Waals surface area contributed by atoms with Crippen molar-refractivity contribution in [2.75, 3.05) is 36.4 Å². The molecule has 0 aliphatic carbocycles. The van der Waals surface area contributed by atoms with Crippen LogP contribution in [-0.2, 0) is 0 Å². The van der Waals surface area contributed by atoms with E-state index < -0.39 is 5.97 Å². The van der Waals surface area contributed by atoms with Crippen LogP contribution >= 0.6 is 0 Å². The number of furan rings is 1. The number of amides is 1. The Labute approximate surface area is 166 Å². The summed E-state index contributed by atoms with van der Waals surface area (Å²) in [6.07, 6.45) is 2.97. The number of aromatic carboxylic acids is 1. The van der Waals surface area contributed by atoms with Crippen molar-refractivity contribution in [3.05, 3.63) is 66.4 Å². The first-order chi connectivity index (χ1) is 14.1. The maximum absolute atomic E-state index is 12.4. The SMILES string of the molecule is O=C(O)c1ccc(Nc2cc(N3CCN(C(=O)c4ccco4)CC3)ncn2)cc1. The van der Waals surface area contributed by atoms with Crippen LogP contribution in [0.25, 0.3) is 0 Å². The highest BCUT2D eigenvalue weighted by molar-refractivity contribution is 5.91. The van der Waals surface area contributed by atoms with E-state index in [0.717, 1.165) is 11.5 Å². The van der Waals surface area contributed by atoms with Crippen LogP contribution in [0.1, 0.15) is 20.9 Å². The minimum Gasteiger partial charge on any atom is -0.478 e. The Hall–Kier alpha value is -3.88. The average molecular weight is 393 g/mol. The van der Waals surface area contributed by atoms with Gasteiger partial charge in [-0.05, 0) is 36.4 Å². The number of carbonyl (C=O) groups excluding carboxylic acids is 1. The molecule has 2 N–H and O–H groups in total. The third-order valence-corrected chi connectivity index (χ3v) is 4.68. The molecule has 4 rings (SSSR count). The van der Waals surface area contributed by atoms with Gasteiger partial charge in [0.15, 0.2) is 5.76 Å². The summed E-state index contributed by atoms with van der Waals surface area (Å²) >= 11 is 0. The van der Waals surface area contributed by atoms with E-state index in [1.165, 1.54) is 24.7 Å². The van der Waals surface area contributed by atoms with Crippen molar-refractivity contribution >= 4 is 29.2 Å². The fourth-order valence-electron chi connectivity index (χ4n) is 3.13. The Bertz CT molecular complexity index is 996. The first kappa shape index (κ1) is 18.5. The Morgan fingerprint density at radius 2 is 1.79 bits per heavy atom. The Morgan fingerprint density at radius 3 is 2.45 bits per heavy atom. The number of anilines is 3. The summed E-state index contributed by atoms with van der Waals surface area (Å²) in [5, 5.41) is 12.1. The number of piperazine rings is 1. The number of nitrogens with zero attached hydrogens (tertiary/aromatic N) is 4. The molecule has 29 heavy (non-hydrogen) atoms. The van der Waals surface area contributed by atoms with Crippen molar-refractivity contribution < 1.29 is 19.1 Å². The summed E-state index contributed by atoms with van der Waals surface area (Å²) in [7, 11) is 0. The number of carboxylic acid groups (broad SMARTS) is 1. The highest BCUT2D eigenvalue weighted by atomic mass is 16.4. The third kappa shape index (κ3) is 4.18. The molecule has 1 fully saturated rings. The van der Waals surface area contributed by atoms with Crippen LogP contribution in [-0.4, -0.2) is 58.0 Å². The highest BCUT2D eigenvalue weighted by Gasteiger charge is 2.24. The van der Waals surface area contributed by atoms with E-state index in [-0.39, 0.29) is 11.5 Å². The van der Waals surface area contributed by atoms with Crippen molar-refractivity contribution in [2.45, 2.75) is 0 Å². The van der Waals surface area contributed by atoms with Crippen LogP contribution in [0.15, 0.2) is 59.5 Å². The standard InChI is InChI=1S/C20H19N5O4/c26-19(16-2-1-11-29-16)25-9-7-24(8-10-25)18-12-17(21-13-22-18)23-15-5-3-14(4-6-15)20(27)28/h1-6,11-13H,7-10H2,(H,27,28)(H,21,22,23). The Kier molecular flexibility index (Phi) is 5.10. The summed E-state index contributed by atoms with van der Waals surface area (Å²) in [6, 6.07) is 11.6. The van der Waals surface area contributed by atoms with Crippen LogP contribution in [0, 0.1) is 0 Å². The van der Waals surface area contributed by atoms with E-state index in [1.54, 1.807) is 29.2 Å². The van der Waals surface area contributed by atoms with Gasteiger partial charge in [0.25, 0.3) is 5.91 Å². The number of carboxylic acids is 1. The highest BCUT2D eigenvalue weighted by Crippen LogP contribution is 2.20. The fraction of sp³-hybridized carbons (Fsp3) is 0.200. The Balaban J connectivity index is 1.39. The summed E-state index contributed by atoms with van der Waals surface area (Å²) in [6.45, 7) is 2.44. The molecule has 9 nitrogen and oxygen atoms in total. The molecular formula is C20H19N5O4. The monoisotopic (exact) mass is 393 g/mol. The van der Waals surface area contributed by atoms with Crippen LogP contribution in [0.4, 0.5) is 17.3 Å². The molecule has 9 heteroatoms. The van der Waals surface area contributed by atoms with E-state index in [1.807, 2.05) is 6.07 Å². The molecule has 148 valence electrons. The van der Waals surface area contributed by atoms with Crippen LogP contribution in [0.2, 0.25) is 0 Å². The van der Waals surface area contributed by atoms with Gasteiger partial charge in [-0.3, -0.25) is 4.79 Å². The van der Waals surface area contributed by atoms with Gasteiger partial charge < -0.3 is 24.6 Å². The van der Waals surface area contributed by atoms with E-state index in [2.05, 4.69) is 20.2 Å². The number of nitrogens with one attached hydrogen (secondary N) is 1. The van der Waals surface area contributed by atoms with Gasteiger partial charge in [0, 0.05) is 37.9 Å². The molecule has 0 radical (unpaired) electrons. The van der Waals surface area contributed by atoms with Crippen LogP contribution < -0.4 is 10.2 Å². The van der Waals surface area contributed by atoms with E-state index in [0.29, 0.717) is 37.8 Å². The maximum atomic E-state index is 12.4. The van der Waals surface area contributed by atoms with Crippen molar-refractivity contribution in [3.63, 3.8) is 0 Å². The van der Waals surface area contributed by atoms with Crippen LogP contribution in [0.5, 0.6) is 0 Å². The zero-order chi connectivity index (χ0) is 20.2. The number of hydrogen-bond donors (Lipinski definition) is 2. The van der Waals surface area contributed by atoms with E-state index in [9.17, 15) is 9.59 Å². The molecule has 1 aromatic carbocycles. The van der Waals surface area contributed by atoms with Gasteiger partial charge in [0.1, 0.15) is 18.0 Å². The molecule has 3 heterocycles. The normalized spacial score (nSPS) is 13.9. The van der Waals surface area contributed by atoms with Gasteiger partial charge >= 0.3 is 5.97 Å². The van der Waals surface area contributed by atoms with Gasteiger partial charge in [-0.2, -0.15) is 0 Å². The van der Waals surface area contributed by atoms with Gasteiger partial charge in [0.05, 0.1) is 11.8 Å². The molecule has 1 amide bonds. The summed E-state index contributed by atoms with van der Waals surface area (Å²) < 4.78 is 5.19. The topological polar surface area (TPSA) is 112 Å². The lowest BCUT2D eigenvalue weighted by Gasteiger charge is -2.35. The number of rotatable bonds is 5. The molecule has 0 bridgehead atoms. The fourth-order valence-corrected chi connectivity index (χ4v) is 3.13. The van der Waals surface area contributed by atoms with Gasteiger partial charge in [-0.25, -0.2) is 14.8 Å². The molecule has 1 saturated heterocycles. The lowest BCUT2D eigenvalue weighted by molar-refractivity contribution is 0.0693.